The van der Waals surface area contributed by atoms with Crippen LogP contribution in [-0.2, 0) is 5.41 Å². The molecule has 0 atom stereocenters. The van der Waals surface area contributed by atoms with Crippen molar-refractivity contribution in [2.75, 3.05) is 0 Å². The Kier molecular flexibility index (Phi) is 2.15. The number of carboxylic acids is 1. The predicted octanol–water partition coefficient (Wildman–Crippen LogP) is 1.98. The molecule has 0 bridgehead atoms. The standard InChI is InChI=1S/C9H13NO3/c1-5-6(7(11)12)13-8(10-5)9(2,3)4/h1-4H3,(H,11,12). The average Bonchev–Trinajstić information content (AvgIpc) is 2.29. The smallest absolute Gasteiger partial charge is 0.373 e. The summed E-state index contributed by atoms with van der Waals surface area (Å²) in [5.41, 5.74) is 0.177. The van der Waals surface area contributed by atoms with Crippen LogP contribution in [0.5, 0.6) is 0 Å². The molecule has 1 aromatic heterocycles. The van der Waals surface area contributed by atoms with Crippen molar-refractivity contribution in [1.29, 1.82) is 0 Å². The molecule has 0 fully saturated rings. The summed E-state index contributed by atoms with van der Waals surface area (Å²) in [5.74, 6) is -0.673. The lowest BCUT2D eigenvalue weighted by Gasteiger charge is -2.11. The van der Waals surface area contributed by atoms with E-state index in [1.54, 1.807) is 6.92 Å². The molecule has 0 aromatic carbocycles. The Morgan fingerprint density at radius 3 is 2.23 bits per heavy atom. The van der Waals surface area contributed by atoms with E-state index in [1.165, 1.54) is 0 Å². The highest BCUT2D eigenvalue weighted by Crippen LogP contribution is 2.23. The van der Waals surface area contributed by atoms with Crippen molar-refractivity contribution in [1.82, 2.24) is 4.98 Å². The number of hydrogen-bond donors (Lipinski definition) is 1. The number of carbonyl (C=O) groups is 1. The van der Waals surface area contributed by atoms with Gasteiger partial charge in [0.15, 0.2) is 0 Å². The fourth-order valence-electron chi connectivity index (χ4n) is 0.916. The second-order valence-electron chi connectivity index (χ2n) is 3.99. The van der Waals surface area contributed by atoms with E-state index in [0.717, 1.165) is 0 Å². The van der Waals surface area contributed by atoms with Crippen molar-refractivity contribution in [3.63, 3.8) is 0 Å². The zero-order valence-electron chi connectivity index (χ0n) is 8.21. The molecule has 1 rings (SSSR count). The average molecular weight is 183 g/mol. The number of nitrogens with zero attached hydrogens (tertiary/aromatic N) is 1. The molecule has 0 radical (unpaired) electrons. The molecule has 0 aliphatic heterocycles. The van der Waals surface area contributed by atoms with Crippen LogP contribution < -0.4 is 0 Å². The van der Waals surface area contributed by atoms with Crippen LogP contribution >= 0.6 is 0 Å². The summed E-state index contributed by atoms with van der Waals surface area (Å²) in [4.78, 5) is 14.7. The van der Waals surface area contributed by atoms with Crippen LogP contribution in [0.1, 0.15) is 42.9 Å². The summed E-state index contributed by atoms with van der Waals surface area (Å²) in [5, 5.41) is 8.71. The van der Waals surface area contributed by atoms with Crippen molar-refractivity contribution < 1.29 is 14.3 Å². The van der Waals surface area contributed by atoms with E-state index in [0.29, 0.717) is 11.6 Å². The lowest BCUT2D eigenvalue weighted by Crippen LogP contribution is -2.11. The van der Waals surface area contributed by atoms with Crippen molar-refractivity contribution in [3.8, 4) is 0 Å². The molecule has 0 saturated heterocycles. The van der Waals surface area contributed by atoms with Gasteiger partial charge in [0.1, 0.15) is 0 Å². The number of carboxylic acid groups (broad SMARTS) is 1. The Morgan fingerprint density at radius 1 is 1.46 bits per heavy atom. The first-order chi connectivity index (χ1) is 5.82. The molecule has 0 aliphatic rings. The van der Waals surface area contributed by atoms with E-state index < -0.39 is 5.97 Å². The minimum absolute atomic E-state index is 0.0649. The van der Waals surface area contributed by atoms with Crippen LogP contribution in [0, 0.1) is 6.92 Å². The van der Waals surface area contributed by atoms with Gasteiger partial charge in [0.25, 0.3) is 0 Å². The van der Waals surface area contributed by atoms with Gasteiger partial charge in [-0.3, -0.25) is 0 Å². The molecule has 0 aliphatic carbocycles. The second-order valence-corrected chi connectivity index (χ2v) is 3.99. The van der Waals surface area contributed by atoms with E-state index in [-0.39, 0.29) is 11.2 Å². The van der Waals surface area contributed by atoms with Gasteiger partial charge in [0, 0.05) is 5.41 Å². The van der Waals surface area contributed by atoms with E-state index >= 15 is 0 Å². The van der Waals surface area contributed by atoms with Crippen LogP contribution in [-0.4, -0.2) is 16.1 Å². The fraction of sp³-hybridized carbons (Fsp3) is 0.556. The summed E-state index contributed by atoms with van der Waals surface area (Å²) in [7, 11) is 0. The molecule has 0 amide bonds. The van der Waals surface area contributed by atoms with Gasteiger partial charge < -0.3 is 9.52 Å². The van der Waals surface area contributed by atoms with Gasteiger partial charge in [0.2, 0.25) is 11.7 Å². The molecule has 4 heteroatoms. The Morgan fingerprint density at radius 2 is 2.00 bits per heavy atom. The third-order valence-electron chi connectivity index (χ3n) is 1.63. The van der Waals surface area contributed by atoms with Gasteiger partial charge in [-0.1, -0.05) is 20.8 Å². The predicted molar refractivity (Wildman–Crippen MR) is 46.9 cm³/mol. The van der Waals surface area contributed by atoms with Gasteiger partial charge in [-0.2, -0.15) is 0 Å². The van der Waals surface area contributed by atoms with Crippen molar-refractivity contribution in [2.45, 2.75) is 33.1 Å². The molecule has 1 aromatic rings. The SMILES string of the molecule is Cc1nc(C(C)(C)C)oc1C(=O)O. The Balaban J connectivity index is 3.17. The zero-order chi connectivity index (χ0) is 10.2. The quantitative estimate of drug-likeness (QED) is 0.723. The highest BCUT2D eigenvalue weighted by molar-refractivity contribution is 5.85. The normalized spacial score (nSPS) is 11.7. The van der Waals surface area contributed by atoms with E-state index in [2.05, 4.69) is 4.98 Å². The molecule has 1 N–H and O–H groups in total. The Labute approximate surface area is 76.6 Å². The largest absolute Gasteiger partial charge is 0.475 e. The third-order valence-corrected chi connectivity index (χ3v) is 1.63. The molecule has 4 nitrogen and oxygen atoms in total. The van der Waals surface area contributed by atoms with E-state index in [9.17, 15) is 4.79 Å². The van der Waals surface area contributed by atoms with Crippen LogP contribution in [0.3, 0.4) is 0 Å². The first kappa shape index (κ1) is 9.77. The van der Waals surface area contributed by atoms with Crippen molar-refractivity contribution in [3.05, 3.63) is 17.3 Å². The van der Waals surface area contributed by atoms with Crippen LogP contribution in [0.15, 0.2) is 4.42 Å². The first-order valence-electron chi connectivity index (χ1n) is 4.03. The molecule has 1 heterocycles. The maximum atomic E-state index is 10.6. The molecule has 13 heavy (non-hydrogen) atoms. The molecular weight excluding hydrogens is 170 g/mol. The lowest BCUT2D eigenvalue weighted by molar-refractivity contribution is 0.0657. The molecule has 0 unspecified atom stereocenters. The maximum absolute atomic E-state index is 10.6. The van der Waals surface area contributed by atoms with Gasteiger partial charge in [-0.25, -0.2) is 9.78 Å². The van der Waals surface area contributed by atoms with Gasteiger partial charge in [-0.05, 0) is 6.92 Å². The molecular formula is C9H13NO3. The Hall–Kier alpha value is -1.32. The third kappa shape index (κ3) is 1.88. The zero-order valence-corrected chi connectivity index (χ0v) is 8.21. The van der Waals surface area contributed by atoms with Crippen LogP contribution in [0.4, 0.5) is 0 Å². The van der Waals surface area contributed by atoms with Gasteiger partial charge in [0.05, 0.1) is 5.69 Å². The number of oxazole rings is 1. The van der Waals surface area contributed by atoms with Crippen LogP contribution in [0.25, 0.3) is 0 Å². The summed E-state index contributed by atoms with van der Waals surface area (Å²) in [6.07, 6.45) is 0. The first-order valence-corrected chi connectivity index (χ1v) is 4.03. The number of hydrogen-bond acceptors (Lipinski definition) is 3. The van der Waals surface area contributed by atoms with Crippen LogP contribution in [0.2, 0.25) is 0 Å². The highest BCUT2D eigenvalue weighted by Gasteiger charge is 2.24. The molecule has 0 spiro atoms. The monoisotopic (exact) mass is 183 g/mol. The lowest BCUT2D eigenvalue weighted by atomic mass is 9.97. The number of aryl methyl sites for hydroxylation is 1. The highest BCUT2D eigenvalue weighted by atomic mass is 16.4. The number of aromatic nitrogens is 1. The minimum atomic E-state index is -1.07. The fourth-order valence-corrected chi connectivity index (χ4v) is 0.916. The van der Waals surface area contributed by atoms with E-state index in [4.69, 9.17) is 9.52 Å². The summed E-state index contributed by atoms with van der Waals surface area (Å²) < 4.78 is 5.13. The maximum Gasteiger partial charge on any atom is 0.373 e. The minimum Gasteiger partial charge on any atom is -0.475 e. The second kappa shape index (κ2) is 2.87. The summed E-state index contributed by atoms with van der Waals surface area (Å²) in [6.45, 7) is 7.39. The van der Waals surface area contributed by atoms with Crippen molar-refractivity contribution in [2.24, 2.45) is 0 Å². The molecule has 0 saturated carbocycles. The summed E-state index contributed by atoms with van der Waals surface area (Å²) in [6, 6.07) is 0. The topological polar surface area (TPSA) is 63.3 Å². The number of aromatic carboxylic acids is 1. The number of rotatable bonds is 1. The molecule has 72 valence electrons. The summed E-state index contributed by atoms with van der Waals surface area (Å²) >= 11 is 0. The van der Waals surface area contributed by atoms with Crippen molar-refractivity contribution >= 4 is 5.97 Å². The Bertz CT molecular complexity index is 333. The van der Waals surface area contributed by atoms with E-state index in [1.807, 2.05) is 20.8 Å². The van der Waals surface area contributed by atoms with Gasteiger partial charge in [-0.15, -0.1) is 0 Å². The van der Waals surface area contributed by atoms with Gasteiger partial charge >= 0.3 is 5.97 Å².